The van der Waals surface area contributed by atoms with Gasteiger partial charge in [0.15, 0.2) is 34.5 Å². The van der Waals surface area contributed by atoms with E-state index in [0.29, 0.717) is 52.4 Å². The van der Waals surface area contributed by atoms with Gasteiger partial charge >= 0.3 is 5.97 Å². The number of hydrogen-bond donors (Lipinski definition) is 0. The van der Waals surface area contributed by atoms with Crippen LogP contribution in [0.3, 0.4) is 0 Å². The normalized spacial score (nSPS) is 17.5. The van der Waals surface area contributed by atoms with E-state index in [1.165, 1.54) is 25.3 Å². The number of carbonyl (C=O) groups is 1. The monoisotopic (exact) mass is 772 g/mol. The fourth-order valence-electron chi connectivity index (χ4n) is 8.26. The zero-order valence-electron chi connectivity index (χ0n) is 33.5. The number of rotatable bonds is 7. The molecule has 0 saturated heterocycles. The van der Waals surface area contributed by atoms with Crippen molar-refractivity contribution in [3.8, 4) is 57.5 Å². The van der Waals surface area contributed by atoms with Gasteiger partial charge < -0.3 is 37.9 Å². The molecule has 0 spiro atoms. The summed E-state index contributed by atoms with van der Waals surface area (Å²) in [6, 6.07) is 25.2. The smallest absolute Gasteiger partial charge is 0.344 e. The van der Waals surface area contributed by atoms with Crippen LogP contribution in [-0.4, -0.2) is 78.5 Å². The second-order valence-corrected chi connectivity index (χ2v) is 14.7. The number of likely N-dealkylation sites (N-methyl/N-ethyl adjacent to an activating group) is 2. The van der Waals surface area contributed by atoms with Crippen molar-refractivity contribution < 1.29 is 42.7 Å². The van der Waals surface area contributed by atoms with Crippen LogP contribution in [0.5, 0.6) is 57.5 Å². The zero-order valence-corrected chi connectivity index (χ0v) is 33.5. The first-order valence-corrected chi connectivity index (χ1v) is 19.1. The summed E-state index contributed by atoms with van der Waals surface area (Å²) in [5.41, 5.74) is 6.69. The Labute approximate surface area is 333 Å². The molecule has 5 aromatic carbocycles. The van der Waals surface area contributed by atoms with Gasteiger partial charge in [-0.1, -0.05) is 18.2 Å². The molecule has 5 aromatic rings. The number of methoxy groups -OCH3 is 5. The van der Waals surface area contributed by atoms with Crippen LogP contribution in [0.1, 0.15) is 55.8 Å². The van der Waals surface area contributed by atoms with Crippen LogP contribution in [0, 0.1) is 0 Å². The van der Waals surface area contributed by atoms with Gasteiger partial charge in [-0.05, 0) is 122 Å². The summed E-state index contributed by atoms with van der Waals surface area (Å²) in [6.45, 7) is 1.68. The van der Waals surface area contributed by atoms with Crippen molar-refractivity contribution >= 4 is 5.97 Å². The van der Waals surface area contributed by atoms with Gasteiger partial charge in [-0.15, -0.1) is 0 Å². The van der Waals surface area contributed by atoms with Crippen molar-refractivity contribution in [2.75, 3.05) is 62.7 Å². The molecule has 11 heteroatoms. The van der Waals surface area contributed by atoms with Gasteiger partial charge in [0.05, 0.1) is 41.1 Å². The van der Waals surface area contributed by atoms with Gasteiger partial charge in [-0.25, -0.2) is 4.79 Å². The fraction of sp³-hybridized carbons (Fsp3) is 0.326. The number of ether oxygens (including phenoxy) is 8. The molecule has 4 heterocycles. The van der Waals surface area contributed by atoms with Crippen LogP contribution in [0.4, 0.5) is 0 Å². The summed E-state index contributed by atoms with van der Waals surface area (Å²) in [5, 5.41) is 0. The third-order valence-corrected chi connectivity index (χ3v) is 11.4. The Balaban J connectivity index is 1.36. The lowest BCUT2D eigenvalue weighted by Crippen LogP contribution is -2.34. The second kappa shape index (κ2) is 15.9. The van der Waals surface area contributed by atoms with Gasteiger partial charge in [-0.3, -0.25) is 9.80 Å². The van der Waals surface area contributed by atoms with Gasteiger partial charge in [0, 0.05) is 36.8 Å². The minimum Gasteiger partial charge on any atom is -0.497 e. The Morgan fingerprint density at radius 2 is 1.23 bits per heavy atom. The summed E-state index contributed by atoms with van der Waals surface area (Å²) in [4.78, 5) is 18.9. The quantitative estimate of drug-likeness (QED) is 0.118. The zero-order chi connectivity index (χ0) is 39.8. The Hall–Kier alpha value is -5.91. The Morgan fingerprint density at radius 3 is 1.91 bits per heavy atom. The second-order valence-electron chi connectivity index (χ2n) is 14.7. The van der Waals surface area contributed by atoms with Crippen LogP contribution in [0.15, 0.2) is 78.9 Å². The minimum absolute atomic E-state index is 0.0582. The number of nitrogens with zero attached hydrogens (tertiary/aromatic N) is 2. The molecule has 0 amide bonds. The van der Waals surface area contributed by atoms with Crippen LogP contribution in [-0.2, 0) is 25.7 Å². The molecule has 0 N–H and O–H groups in total. The van der Waals surface area contributed by atoms with Gasteiger partial charge in [-0.2, -0.15) is 0 Å². The third-order valence-electron chi connectivity index (χ3n) is 11.4. The standard InChI is InChI=1S/C46H48N2O9/c1-47-16-14-29-23-39(53-6)41-26-35(29)36(47)18-27-8-11-32(12-9-27)55-40-20-28(10-13-38(40)52-5)19-37-43-30(15-17-48(37)2)24-42(54-7)44(45(43)56-41)57-46(49)31-21-33(50-3)25-34(22-31)51-4/h8-13,20-26,36-37H,14-19H2,1-7H3/t36-,37-/m0/s1. The Morgan fingerprint density at radius 1 is 0.614 bits per heavy atom. The molecule has 4 aliphatic heterocycles. The van der Waals surface area contributed by atoms with E-state index in [2.05, 4.69) is 54.2 Å². The molecule has 0 fully saturated rings. The molecule has 6 bridgehead atoms. The van der Waals surface area contributed by atoms with Crippen LogP contribution in [0.25, 0.3) is 0 Å². The molecule has 2 atom stereocenters. The van der Waals surface area contributed by atoms with E-state index in [-0.39, 0.29) is 23.4 Å². The molecule has 4 aliphatic rings. The first kappa shape index (κ1) is 38.0. The van der Waals surface area contributed by atoms with Crippen molar-refractivity contribution in [2.45, 2.75) is 37.8 Å². The fourth-order valence-corrected chi connectivity index (χ4v) is 8.26. The number of esters is 1. The molecule has 0 unspecified atom stereocenters. The molecule has 0 radical (unpaired) electrons. The molecule has 9 rings (SSSR count). The highest BCUT2D eigenvalue weighted by atomic mass is 16.6. The highest BCUT2D eigenvalue weighted by molar-refractivity contribution is 5.93. The lowest BCUT2D eigenvalue weighted by atomic mass is 9.87. The molecule has 0 aromatic heterocycles. The maximum Gasteiger partial charge on any atom is 0.344 e. The van der Waals surface area contributed by atoms with E-state index < -0.39 is 5.97 Å². The topological polar surface area (TPSA) is 97.4 Å². The third kappa shape index (κ3) is 7.40. The maximum absolute atomic E-state index is 14.2. The van der Waals surface area contributed by atoms with Gasteiger partial charge in [0.2, 0.25) is 5.75 Å². The summed E-state index contributed by atoms with van der Waals surface area (Å²) >= 11 is 0. The molecular weight excluding hydrogens is 725 g/mol. The van der Waals surface area contributed by atoms with Gasteiger partial charge in [0.25, 0.3) is 0 Å². The van der Waals surface area contributed by atoms with E-state index in [9.17, 15) is 4.79 Å². The van der Waals surface area contributed by atoms with Crippen LogP contribution in [0.2, 0.25) is 0 Å². The van der Waals surface area contributed by atoms with E-state index in [1.807, 2.05) is 30.3 Å². The number of benzene rings is 5. The lowest BCUT2D eigenvalue weighted by molar-refractivity contribution is 0.0723. The molecule has 0 saturated carbocycles. The Kier molecular flexibility index (Phi) is 10.6. The van der Waals surface area contributed by atoms with E-state index >= 15 is 0 Å². The molecule has 0 aliphatic carbocycles. The van der Waals surface area contributed by atoms with Gasteiger partial charge in [0.1, 0.15) is 17.2 Å². The number of hydrogen-bond acceptors (Lipinski definition) is 11. The van der Waals surface area contributed by atoms with Crippen molar-refractivity contribution in [3.05, 3.63) is 118 Å². The lowest BCUT2D eigenvalue weighted by Gasteiger charge is -2.37. The summed E-state index contributed by atoms with van der Waals surface area (Å²) in [6.07, 6.45) is 2.93. The van der Waals surface area contributed by atoms with Crippen molar-refractivity contribution in [1.29, 1.82) is 0 Å². The van der Waals surface area contributed by atoms with Crippen LogP contribution < -0.4 is 37.9 Å². The van der Waals surface area contributed by atoms with Crippen molar-refractivity contribution in [1.82, 2.24) is 9.80 Å². The molecular formula is C46H48N2O9. The average molecular weight is 773 g/mol. The first-order chi connectivity index (χ1) is 27.7. The predicted octanol–water partition coefficient (Wildman–Crippen LogP) is 8.39. The van der Waals surface area contributed by atoms with E-state index in [4.69, 9.17) is 37.9 Å². The highest BCUT2D eigenvalue weighted by Gasteiger charge is 2.36. The van der Waals surface area contributed by atoms with E-state index in [0.717, 1.165) is 60.4 Å². The number of carbonyl (C=O) groups excluding carboxylic acids is 1. The summed E-state index contributed by atoms with van der Waals surface area (Å²) in [7, 11) is 12.2. The average Bonchev–Trinajstić information content (AvgIpc) is 3.23. The first-order valence-electron chi connectivity index (χ1n) is 19.1. The Bertz CT molecular complexity index is 2290. The molecule has 57 heavy (non-hydrogen) atoms. The minimum atomic E-state index is -0.632. The SMILES string of the molecule is COc1cc(OC)cc(C(=O)Oc2c(OC)cc3c4c2Oc2cc5c(cc2OC)CCN(C)[C@H]5Cc2ccc(cc2)Oc2cc(ccc2OC)C[C@@H]4N(C)CC3)c1. The number of fused-ring (bicyclic) bond motifs is 2. The molecule has 296 valence electrons. The predicted molar refractivity (Wildman–Crippen MR) is 216 cm³/mol. The summed E-state index contributed by atoms with van der Waals surface area (Å²) in [5.74, 6) is 4.25. The summed E-state index contributed by atoms with van der Waals surface area (Å²) < 4.78 is 48.8. The van der Waals surface area contributed by atoms with Crippen molar-refractivity contribution in [3.63, 3.8) is 0 Å². The molecule has 11 nitrogen and oxygen atoms in total. The van der Waals surface area contributed by atoms with Crippen molar-refractivity contribution in [2.24, 2.45) is 0 Å². The largest absolute Gasteiger partial charge is 0.497 e. The highest BCUT2D eigenvalue weighted by Crippen LogP contribution is 2.52. The van der Waals surface area contributed by atoms with Crippen LogP contribution >= 0.6 is 0 Å². The van der Waals surface area contributed by atoms with E-state index in [1.54, 1.807) is 39.5 Å². The maximum atomic E-state index is 14.2.